The Hall–Kier alpha value is -3.22. The number of aryl methyl sites for hydroxylation is 1. The molecule has 0 heterocycles. The molecule has 0 aliphatic heterocycles. The zero-order valence-electron chi connectivity index (χ0n) is 15.5. The SMILES string of the molecule is Cc1ccc(NC(=O)c2ccc(C(=O)O)cc2F)cc1NC(=O)C(C)(C)C. The number of benzene rings is 2. The van der Waals surface area contributed by atoms with E-state index in [0.29, 0.717) is 11.4 Å². The predicted octanol–water partition coefficient (Wildman–Crippen LogP) is 4.07. The van der Waals surface area contributed by atoms with Crippen LogP contribution in [-0.2, 0) is 4.79 Å². The van der Waals surface area contributed by atoms with Gasteiger partial charge in [-0.15, -0.1) is 0 Å². The number of hydrogen-bond donors (Lipinski definition) is 3. The molecule has 142 valence electrons. The molecule has 2 aromatic rings. The molecule has 0 unspecified atom stereocenters. The van der Waals surface area contributed by atoms with Gasteiger partial charge in [-0.25, -0.2) is 9.18 Å². The molecule has 0 aliphatic rings. The number of aromatic carboxylic acids is 1. The van der Waals surface area contributed by atoms with Gasteiger partial charge in [-0.05, 0) is 42.8 Å². The van der Waals surface area contributed by atoms with Crippen molar-refractivity contribution in [3.63, 3.8) is 0 Å². The highest BCUT2D eigenvalue weighted by Crippen LogP contribution is 2.24. The average Bonchev–Trinajstić information content (AvgIpc) is 2.56. The highest BCUT2D eigenvalue weighted by molar-refractivity contribution is 6.05. The summed E-state index contributed by atoms with van der Waals surface area (Å²) in [5.41, 5.74) is 0.613. The van der Waals surface area contributed by atoms with E-state index in [2.05, 4.69) is 10.6 Å². The van der Waals surface area contributed by atoms with Crippen molar-refractivity contribution >= 4 is 29.2 Å². The van der Waals surface area contributed by atoms with Crippen LogP contribution in [0.15, 0.2) is 36.4 Å². The molecule has 2 rings (SSSR count). The molecule has 0 saturated heterocycles. The Balaban J connectivity index is 2.22. The molecule has 0 fully saturated rings. The van der Waals surface area contributed by atoms with Crippen LogP contribution in [0.4, 0.5) is 15.8 Å². The fraction of sp³-hybridized carbons (Fsp3) is 0.250. The van der Waals surface area contributed by atoms with Crippen molar-refractivity contribution < 1.29 is 23.9 Å². The third kappa shape index (κ3) is 4.91. The molecule has 0 spiro atoms. The molecule has 0 aliphatic carbocycles. The van der Waals surface area contributed by atoms with Crippen LogP contribution in [-0.4, -0.2) is 22.9 Å². The van der Waals surface area contributed by atoms with Crippen molar-refractivity contribution in [3.05, 3.63) is 58.9 Å². The number of nitrogens with one attached hydrogen (secondary N) is 2. The largest absolute Gasteiger partial charge is 0.478 e. The van der Waals surface area contributed by atoms with E-state index in [0.717, 1.165) is 23.8 Å². The second-order valence-corrected chi connectivity index (χ2v) is 7.19. The van der Waals surface area contributed by atoms with Crippen LogP contribution < -0.4 is 10.6 Å². The first-order chi connectivity index (χ1) is 12.5. The van der Waals surface area contributed by atoms with Crippen molar-refractivity contribution in [2.24, 2.45) is 5.41 Å². The molecular formula is C20H21FN2O4. The fourth-order valence-corrected chi connectivity index (χ4v) is 2.17. The van der Waals surface area contributed by atoms with Crippen molar-refractivity contribution in [1.29, 1.82) is 0 Å². The predicted molar refractivity (Wildman–Crippen MR) is 101 cm³/mol. The van der Waals surface area contributed by atoms with Crippen molar-refractivity contribution in [3.8, 4) is 0 Å². The Morgan fingerprint density at radius 3 is 2.22 bits per heavy atom. The summed E-state index contributed by atoms with van der Waals surface area (Å²) in [5, 5.41) is 14.2. The van der Waals surface area contributed by atoms with Gasteiger partial charge in [-0.1, -0.05) is 26.8 Å². The number of halogens is 1. The summed E-state index contributed by atoms with van der Waals surface area (Å²) in [6.07, 6.45) is 0. The Labute approximate surface area is 156 Å². The number of carboxylic acids is 1. The van der Waals surface area contributed by atoms with Crippen LogP contribution in [0.3, 0.4) is 0 Å². The summed E-state index contributed by atoms with van der Waals surface area (Å²) >= 11 is 0. The standard InChI is InChI=1S/C20H21FN2O4/c1-11-5-7-13(10-16(11)23-19(27)20(2,3)4)22-17(24)14-8-6-12(18(25)26)9-15(14)21/h5-10H,1-4H3,(H,22,24)(H,23,27)(H,25,26). The number of carbonyl (C=O) groups is 3. The summed E-state index contributed by atoms with van der Waals surface area (Å²) in [6.45, 7) is 7.17. The minimum Gasteiger partial charge on any atom is -0.478 e. The van der Waals surface area contributed by atoms with Crippen LogP contribution in [0.5, 0.6) is 0 Å². The highest BCUT2D eigenvalue weighted by atomic mass is 19.1. The lowest BCUT2D eigenvalue weighted by molar-refractivity contribution is -0.123. The molecule has 7 heteroatoms. The minimum absolute atomic E-state index is 0.176. The van der Waals surface area contributed by atoms with E-state index in [4.69, 9.17) is 5.11 Å². The second kappa shape index (κ2) is 7.57. The normalized spacial score (nSPS) is 11.0. The Kier molecular flexibility index (Phi) is 5.64. The molecule has 0 saturated carbocycles. The number of amides is 2. The van der Waals surface area contributed by atoms with Crippen molar-refractivity contribution in [2.45, 2.75) is 27.7 Å². The molecule has 6 nitrogen and oxygen atoms in total. The van der Waals surface area contributed by atoms with Crippen LogP contribution in [0, 0.1) is 18.2 Å². The van der Waals surface area contributed by atoms with Gasteiger partial charge in [0.15, 0.2) is 0 Å². The van der Waals surface area contributed by atoms with Crippen molar-refractivity contribution in [2.75, 3.05) is 10.6 Å². The summed E-state index contributed by atoms with van der Waals surface area (Å²) < 4.78 is 14.0. The maximum atomic E-state index is 14.0. The lowest BCUT2D eigenvalue weighted by Gasteiger charge is -2.19. The van der Waals surface area contributed by atoms with Crippen molar-refractivity contribution in [1.82, 2.24) is 0 Å². The van der Waals surface area contributed by atoms with Gasteiger partial charge in [-0.3, -0.25) is 9.59 Å². The number of rotatable bonds is 4. The third-order valence-electron chi connectivity index (χ3n) is 3.89. The third-order valence-corrected chi connectivity index (χ3v) is 3.89. The van der Waals surface area contributed by atoms with Gasteiger partial charge in [0.05, 0.1) is 11.1 Å². The Morgan fingerprint density at radius 1 is 1.00 bits per heavy atom. The fourth-order valence-electron chi connectivity index (χ4n) is 2.17. The van der Waals surface area contributed by atoms with Gasteiger partial charge in [0.1, 0.15) is 5.82 Å². The molecule has 0 atom stereocenters. The zero-order valence-corrected chi connectivity index (χ0v) is 15.5. The van der Waals surface area contributed by atoms with E-state index in [9.17, 15) is 18.8 Å². The second-order valence-electron chi connectivity index (χ2n) is 7.19. The van der Waals surface area contributed by atoms with Crippen LogP contribution in [0.25, 0.3) is 0 Å². The van der Waals surface area contributed by atoms with E-state index in [1.807, 2.05) is 6.92 Å². The first kappa shape index (κ1) is 20.1. The molecule has 3 N–H and O–H groups in total. The molecule has 2 aromatic carbocycles. The lowest BCUT2D eigenvalue weighted by Crippen LogP contribution is -2.28. The maximum absolute atomic E-state index is 14.0. The van der Waals surface area contributed by atoms with Crippen LogP contribution in [0.2, 0.25) is 0 Å². The van der Waals surface area contributed by atoms with Gasteiger partial charge in [0.2, 0.25) is 5.91 Å². The summed E-state index contributed by atoms with van der Waals surface area (Å²) in [7, 11) is 0. The van der Waals surface area contributed by atoms with E-state index in [-0.39, 0.29) is 17.0 Å². The van der Waals surface area contributed by atoms with Gasteiger partial charge in [0, 0.05) is 16.8 Å². The van der Waals surface area contributed by atoms with Crippen LogP contribution in [0.1, 0.15) is 47.1 Å². The topological polar surface area (TPSA) is 95.5 Å². The van der Waals surface area contributed by atoms with E-state index >= 15 is 0 Å². The van der Waals surface area contributed by atoms with Gasteiger partial charge >= 0.3 is 5.97 Å². The molecule has 2 amide bonds. The van der Waals surface area contributed by atoms with Gasteiger partial charge < -0.3 is 15.7 Å². The minimum atomic E-state index is -1.28. The smallest absolute Gasteiger partial charge is 0.335 e. The van der Waals surface area contributed by atoms with E-state index in [1.165, 1.54) is 0 Å². The summed E-state index contributed by atoms with van der Waals surface area (Å²) in [6, 6.07) is 8.00. The van der Waals surface area contributed by atoms with Gasteiger partial charge in [-0.2, -0.15) is 0 Å². The number of hydrogen-bond acceptors (Lipinski definition) is 3. The molecule has 0 bridgehead atoms. The first-order valence-electron chi connectivity index (χ1n) is 8.25. The summed E-state index contributed by atoms with van der Waals surface area (Å²) in [4.78, 5) is 35.3. The average molecular weight is 372 g/mol. The van der Waals surface area contributed by atoms with Gasteiger partial charge in [0.25, 0.3) is 5.91 Å². The first-order valence-corrected chi connectivity index (χ1v) is 8.25. The zero-order chi connectivity index (χ0) is 20.4. The van der Waals surface area contributed by atoms with E-state index in [1.54, 1.807) is 39.0 Å². The number of anilines is 2. The quantitative estimate of drug-likeness (QED) is 0.754. The summed E-state index contributed by atoms with van der Waals surface area (Å²) in [5.74, 6) is -3.11. The maximum Gasteiger partial charge on any atom is 0.335 e. The monoisotopic (exact) mass is 372 g/mol. The lowest BCUT2D eigenvalue weighted by atomic mass is 9.95. The molecule has 0 radical (unpaired) electrons. The van der Waals surface area contributed by atoms with E-state index < -0.39 is 23.1 Å². The molecule has 0 aromatic heterocycles. The number of carboxylic acid groups (broad SMARTS) is 1. The van der Waals surface area contributed by atoms with Crippen LogP contribution >= 0.6 is 0 Å². The highest BCUT2D eigenvalue weighted by Gasteiger charge is 2.22. The Morgan fingerprint density at radius 2 is 1.67 bits per heavy atom. The molecular weight excluding hydrogens is 351 g/mol. The Bertz CT molecular complexity index is 917. The number of carbonyl (C=O) groups excluding carboxylic acids is 2. The molecule has 27 heavy (non-hydrogen) atoms.